The number of benzene rings is 1. The Bertz CT molecular complexity index is 614. The molecule has 110 valence electrons. The summed E-state index contributed by atoms with van der Waals surface area (Å²) in [6.07, 6.45) is 2.06. The van der Waals surface area contributed by atoms with Gasteiger partial charge >= 0.3 is 0 Å². The van der Waals surface area contributed by atoms with Crippen molar-refractivity contribution in [2.24, 2.45) is 0 Å². The summed E-state index contributed by atoms with van der Waals surface area (Å²) in [5.74, 6) is 0.133. The molecule has 0 aliphatic carbocycles. The molecule has 1 unspecified atom stereocenters. The molecule has 0 bridgehead atoms. The van der Waals surface area contributed by atoms with Gasteiger partial charge in [-0.3, -0.25) is 4.79 Å². The van der Waals surface area contributed by atoms with Crippen molar-refractivity contribution < 1.29 is 9.18 Å². The summed E-state index contributed by atoms with van der Waals surface area (Å²) in [7, 11) is 0. The van der Waals surface area contributed by atoms with Crippen LogP contribution >= 0.6 is 23.1 Å². The standard InChI is InChI=1S/C16H16FNOS2/c17-12-5-1-2-7-14(12)21-11-16(19)18-9-3-6-13(18)15-8-4-10-20-15/h1-2,4-5,7-8,10,13H,3,6,9,11H2. The summed E-state index contributed by atoms with van der Waals surface area (Å²) in [6.45, 7) is 0.805. The van der Waals surface area contributed by atoms with Crippen LogP contribution in [0.5, 0.6) is 0 Å². The number of rotatable bonds is 4. The van der Waals surface area contributed by atoms with E-state index in [0.29, 0.717) is 10.6 Å². The Labute approximate surface area is 132 Å². The van der Waals surface area contributed by atoms with E-state index in [1.807, 2.05) is 16.3 Å². The highest BCUT2D eigenvalue weighted by Crippen LogP contribution is 2.35. The van der Waals surface area contributed by atoms with Crippen LogP contribution in [0.2, 0.25) is 0 Å². The number of carbonyl (C=O) groups excluding carboxylic acids is 1. The first-order chi connectivity index (χ1) is 10.3. The van der Waals surface area contributed by atoms with Gasteiger partial charge in [-0.05, 0) is 36.4 Å². The Kier molecular flexibility index (Phi) is 4.60. The molecule has 2 heterocycles. The second kappa shape index (κ2) is 6.62. The Hall–Kier alpha value is -1.33. The van der Waals surface area contributed by atoms with Crippen molar-refractivity contribution in [2.75, 3.05) is 12.3 Å². The van der Waals surface area contributed by atoms with E-state index in [0.717, 1.165) is 19.4 Å². The average molecular weight is 321 g/mol. The van der Waals surface area contributed by atoms with Crippen LogP contribution in [0.3, 0.4) is 0 Å². The molecular formula is C16H16FNOS2. The smallest absolute Gasteiger partial charge is 0.233 e. The number of carbonyl (C=O) groups is 1. The van der Waals surface area contributed by atoms with Crippen molar-refractivity contribution in [3.05, 3.63) is 52.5 Å². The van der Waals surface area contributed by atoms with Gasteiger partial charge in [0.2, 0.25) is 5.91 Å². The second-order valence-corrected chi connectivity index (χ2v) is 6.98. The monoisotopic (exact) mass is 321 g/mol. The highest BCUT2D eigenvalue weighted by Gasteiger charge is 2.30. The molecule has 1 amide bonds. The SMILES string of the molecule is O=C(CSc1ccccc1F)N1CCCC1c1cccs1. The van der Waals surface area contributed by atoms with E-state index in [1.54, 1.807) is 29.5 Å². The van der Waals surface area contributed by atoms with Crippen molar-refractivity contribution in [3.8, 4) is 0 Å². The van der Waals surface area contributed by atoms with Crippen LogP contribution in [-0.4, -0.2) is 23.1 Å². The third-order valence-corrected chi connectivity index (χ3v) is 5.64. The summed E-state index contributed by atoms with van der Waals surface area (Å²) >= 11 is 2.98. The molecule has 3 rings (SSSR count). The molecule has 1 aromatic heterocycles. The lowest BCUT2D eigenvalue weighted by Gasteiger charge is -2.23. The molecule has 21 heavy (non-hydrogen) atoms. The molecule has 5 heteroatoms. The second-order valence-electron chi connectivity index (χ2n) is 4.98. The third kappa shape index (κ3) is 3.30. The summed E-state index contributed by atoms with van der Waals surface area (Å²) in [5.41, 5.74) is 0. The Morgan fingerprint density at radius 2 is 2.19 bits per heavy atom. The molecule has 2 aromatic rings. The minimum absolute atomic E-state index is 0.0964. The zero-order valence-electron chi connectivity index (χ0n) is 11.5. The van der Waals surface area contributed by atoms with Crippen molar-refractivity contribution in [1.29, 1.82) is 0 Å². The lowest BCUT2D eigenvalue weighted by molar-refractivity contribution is -0.129. The van der Waals surface area contributed by atoms with E-state index in [1.165, 1.54) is 22.7 Å². The number of nitrogens with zero attached hydrogens (tertiary/aromatic N) is 1. The van der Waals surface area contributed by atoms with Crippen molar-refractivity contribution in [2.45, 2.75) is 23.8 Å². The summed E-state index contributed by atoms with van der Waals surface area (Å²) < 4.78 is 13.6. The zero-order valence-corrected chi connectivity index (χ0v) is 13.1. The fraction of sp³-hybridized carbons (Fsp3) is 0.312. The number of amides is 1. The van der Waals surface area contributed by atoms with E-state index in [4.69, 9.17) is 0 Å². The predicted octanol–water partition coefficient (Wildman–Crippen LogP) is 4.34. The third-order valence-electron chi connectivity index (χ3n) is 3.63. The van der Waals surface area contributed by atoms with Crippen molar-refractivity contribution in [3.63, 3.8) is 0 Å². The molecule has 1 aromatic carbocycles. The van der Waals surface area contributed by atoms with Gasteiger partial charge in [0.15, 0.2) is 0 Å². The van der Waals surface area contributed by atoms with Gasteiger partial charge in [-0.2, -0.15) is 0 Å². The highest BCUT2D eigenvalue weighted by atomic mass is 32.2. The number of thiophene rings is 1. The van der Waals surface area contributed by atoms with Crippen LogP contribution in [0.4, 0.5) is 4.39 Å². The van der Waals surface area contributed by atoms with Crippen molar-refractivity contribution in [1.82, 2.24) is 4.90 Å². The largest absolute Gasteiger partial charge is 0.334 e. The van der Waals surface area contributed by atoms with Crippen LogP contribution in [-0.2, 0) is 4.79 Å². The van der Waals surface area contributed by atoms with Gasteiger partial charge in [-0.1, -0.05) is 18.2 Å². The average Bonchev–Trinajstić information content (AvgIpc) is 3.16. The van der Waals surface area contributed by atoms with Crippen LogP contribution in [0.1, 0.15) is 23.8 Å². The maximum atomic E-state index is 13.6. The Morgan fingerprint density at radius 1 is 1.33 bits per heavy atom. The molecule has 1 atom stereocenters. The highest BCUT2D eigenvalue weighted by molar-refractivity contribution is 8.00. The fourth-order valence-electron chi connectivity index (χ4n) is 2.63. The van der Waals surface area contributed by atoms with Gasteiger partial charge in [0.1, 0.15) is 5.82 Å². The van der Waals surface area contributed by atoms with Crippen LogP contribution < -0.4 is 0 Å². The lowest BCUT2D eigenvalue weighted by atomic mass is 10.2. The summed E-state index contributed by atoms with van der Waals surface area (Å²) in [6, 6.07) is 10.9. The van der Waals surface area contributed by atoms with E-state index in [9.17, 15) is 9.18 Å². The number of hydrogen-bond acceptors (Lipinski definition) is 3. The molecule has 0 saturated carbocycles. The maximum absolute atomic E-state index is 13.6. The van der Waals surface area contributed by atoms with Gasteiger partial charge in [0.25, 0.3) is 0 Å². The first-order valence-corrected chi connectivity index (χ1v) is 8.82. The Morgan fingerprint density at radius 3 is 2.95 bits per heavy atom. The predicted molar refractivity (Wildman–Crippen MR) is 85.1 cm³/mol. The lowest BCUT2D eigenvalue weighted by Crippen LogP contribution is -2.31. The van der Waals surface area contributed by atoms with Crippen molar-refractivity contribution >= 4 is 29.0 Å². The molecular weight excluding hydrogens is 305 g/mol. The topological polar surface area (TPSA) is 20.3 Å². The number of hydrogen-bond donors (Lipinski definition) is 0. The minimum Gasteiger partial charge on any atom is -0.334 e. The quantitative estimate of drug-likeness (QED) is 0.781. The Balaban J connectivity index is 1.64. The van der Waals surface area contributed by atoms with E-state index in [-0.39, 0.29) is 17.8 Å². The molecule has 1 fully saturated rings. The fourth-order valence-corrected chi connectivity index (χ4v) is 4.33. The summed E-state index contributed by atoms with van der Waals surface area (Å²) in [5, 5.41) is 2.05. The van der Waals surface area contributed by atoms with Gasteiger partial charge in [-0.25, -0.2) is 4.39 Å². The van der Waals surface area contributed by atoms with Crippen LogP contribution in [0, 0.1) is 5.82 Å². The van der Waals surface area contributed by atoms with Gasteiger partial charge in [0.05, 0.1) is 11.8 Å². The van der Waals surface area contributed by atoms with E-state index >= 15 is 0 Å². The van der Waals surface area contributed by atoms with Gasteiger partial charge in [0, 0.05) is 16.3 Å². The molecule has 1 aliphatic rings. The molecule has 1 saturated heterocycles. The van der Waals surface area contributed by atoms with Gasteiger partial charge in [-0.15, -0.1) is 23.1 Å². The van der Waals surface area contributed by atoms with Crippen LogP contribution in [0.25, 0.3) is 0 Å². The summed E-state index contributed by atoms with van der Waals surface area (Å²) in [4.78, 5) is 16.2. The first-order valence-electron chi connectivity index (χ1n) is 6.96. The van der Waals surface area contributed by atoms with E-state index < -0.39 is 0 Å². The number of halogens is 1. The molecule has 0 radical (unpaired) electrons. The molecule has 1 aliphatic heterocycles. The molecule has 0 spiro atoms. The minimum atomic E-state index is -0.258. The maximum Gasteiger partial charge on any atom is 0.233 e. The molecule has 0 N–H and O–H groups in total. The number of thioether (sulfide) groups is 1. The van der Waals surface area contributed by atoms with E-state index in [2.05, 4.69) is 6.07 Å². The number of likely N-dealkylation sites (tertiary alicyclic amines) is 1. The first kappa shape index (κ1) is 14.6. The molecule has 2 nitrogen and oxygen atoms in total. The van der Waals surface area contributed by atoms with Gasteiger partial charge < -0.3 is 4.90 Å². The normalized spacial score (nSPS) is 18.1. The van der Waals surface area contributed by atoms with Crippen LogP contribution in [0.15, 0.2) is 46.7 Å². The zero-order chi connectivity index (χ0) is 14.7.